The zero-order valence-electron chi connectivity index (χ0n) is 11.7. The first kappa shape index (κ1) is 15.0. The van der Waals surface area contributed by atoms with Gasteiger partial charge in [-0.15, -0.1) is 0 Å². The van der Waals surface area contributed by atoms with Gasteiger partial charge < -0.3 is 15.3 Å². The van der Waals surface area contributed by atoms with Crippen molar-refractivity contribution in [3.8, 4) is 0 Å². The summed E-state index contributed by atoms with van der Waals surface area (Å²) in [6, 6.07) is 6.96. The van der Waals surface area contributed by atoms with Crippen LogP contribution in [0.1, 0.15) is 26.3 Å². The standard InChI is InChI=1S/C14H20N2O3/c1-5-16(14(3,4)12(17)18)13(19)15-11-9-7-6-8-10(11)2/h6-9H,5H2,1-4H3,(H,15,19)(H,17,18). The SMILES string of the molecule is CCN(C(=O)Nc1ccccc1C)C(C)(C)C(=O)O. The fourth-order valence-electron chi connectivity index (χ4n) is 1.80. The Morgan fingerprint density at radius 3 is 2.37 bits per heavy atom. The van der Waals surface area contributed by atoms with E-state index in [9.17, 15) is 14.7 Å². The minimum Gasteiger partial charge on any atom is -0.480 e. The maximum Gasteiger partial charge on any atom is 0.329 e. The van der Waals surface area contributed by atoms with Gasteiger partial charge in [0.1, 0.15) is 5.54 Å². The highest BCUT2D eigenvalue weighted by Gasteiger charge is 2.36. The van der Waals surface area contributed by atoms with Crippen LogP contribution in [0.15, 0.2) is 24.3 Å². The van der Waals surface area contributed by atoms with Gasteiger partial charge in [0.2, 0.25) is 0 Å². The molecule has 0 radical (unpaired) electrons. The molecule has 0 bridgehead atoms. The van der Waals surface area contributed by atoms with Crippen LogP contribution < -0.4 is 5.32 Å². The molecule has 0 saturated heterocycles. The number of hydrogen-bond acceptors (Lipinski definition) is 2. The minimum atomic E-state index is -1.25. The molecule has 0 fully saturated rings. The lowest BCUT2D eigenvalue weighted by atomic mass is 10.0. The monoisotopic (exact) mass is 264 g/mol. The van der Waals surface area contributed by atoms with Crippen LogP contribution in [0.5, 0.6) is 0 Å². The number of carbonyl (C=O) groups is 2. The van der Waals surface area contributed by atoms with Gasteiger partial charge in [-0.1, -0.05) is 18.2 Å². The van der Waals surface area contributed by atoms with Crippen LogP contribution in [0.2, 0.25) is 0 Å². The maximum absolute atomic E-state index is 12.2. The molecule has 104 valence electrons. The van der Waals surface area contributed by atoms with Gasteiger partial charge in [0.25, 0.3) is 0 Å². The number of urea groups is 1. The third-order valence-electron chi connectivity index (χ3n) is 3.15. The molecule has 1 aromatic rings. The normalized spacial score (nSPS) is 10.9. The van der Waals surface area contributed by atoms with Gasteiger partial charge in [-0.25, -0.2) is 9.59 Å². The number of nitrogens with zero attached hydrogens (tertiary/aromatic N) is 1. The van der Waals surface area contributed by atoms with Crippen molar-refractivity contribution in [2.24, 2.45) is 0 Å². The molecule has 2 N–H and O–H groups in total. The molecule has 0 atom stereocenters. The Labute approximate surface area is 113 Å². The number of benzene rings is 1. The van der Waals surface area contributed by atoms with Crippen LogP contribution >= 0.6 is 0 Å². The Hall–Kier alpha value is -2.04. The lowest BCUT2D eigenvalue weighted by Crippen LogP contribution is -2.54. The Balaban J connectivity index is 2.93. The summed E-state index contributed by atoms with van der Waals surface area (Å²) in [4.78, 5) is 24.7. The van der Waals surface area contributed by atoms with Gasteiger partial charge in [-0.05, 0) is 39.3 Å². The van der Waals surface area contributed by atoms with Crippen molar-refractivity contribution in [2.75, 3.05) is 11.9 Å². The summed E-state index contributed by atoms with van der Waals surface area (Å²) in [6.07, 6.45) is 0. The van der Waals surface area contributed by atoms with Crippen molar-refractivity contribution >= 4 is 17.7 Å². The van der Waals surface area contributed by atoms with E-state index in [-0.39, 0.29) is 0 Å². The predicted molar refractivity (Wildman–Crippen MR) is 74.3 cm³/mol. The van der Waals surface area contributed by atoms with Crippen molar-refractivity contribution in [3.63, 3.8) is 0 Å². The van der Waals surface area contributed by atoms with Crippen LogP contribution in [-0.2, 0) is 4.79 Å². The number of carbonyl (C=O) groups excluding carboxylic acids is 1. The van der Waals surface area contributed by atoms with E-state index >= 15 is 0 Å². The number of para-hydroxylation sites is 1. The van der Waals surface area contributed by atoms with Crippen molar-refractivity contribution in [2.45, 2.75) is 33.2 Å². The fourth-order valence-corrected chi connectivity index (χ4v) is 1.80. The van der Waals surface area contributed by atoms with E-state index in [2.05, 4.69) is 5.32 Å². The second kappa shape index (κ2) is 5.73. The molecule has 5 heteroatoms. The Morgan fingerprint density at radius 2 is 1.89 bits per heavy atom. The van der Waals surface area contributed by atoms with Gasteiger partial charge in [0.15, 0.2) is 0 Å². The molecule has 1 rings (SSSR count). The minimum absolute atomic E-state index is 0.316. The van der Waals surface area contributed by atoms with Gasteiger partial charge in [0.05, 0.1) is 0 Å². The Bertz CT molecular complexity index is 483. The van der Waals surface area contributed by atoms with Crippen LogP contribution in [0.3, 0.4) is 0 Å². The number of rotatable bonds is 4. The van der Waals surface area contributed by atoms with E-state index in [1.54, 1.807) is 13.0 Å². The molecule has 0 spiro atoms. The molecular formula is C14H20N2O3. The van der Waals surface area contributed by atoms with Crippen molar-refractivity contribution in [1.29, 1.82) is 0 Å². The van der Waals surface area contributed by atoms with Crippen LogP contribution in [-0.4, -0.2) is 34.1 Å². The van der Waals surface area contributed by atoms with E-state index < -0.39 is 17.5 Å². The third-order valence-corrected chi connectivity index (χ3v) is 3.15. The topological polar surface area (TPSA) is 69.6 Å². The average Bonchev–Trinajstić information content (AvgIpc) is 2.32. The van der Waals surface area contributed by atoms with Crippen LogP contribution in [0.4, 0.5) is 10.5 Å². The molecule has 0 heterocycles. The number of aliphatic carboxylic acids is 1. The van der Waals surface area contributed by atoms with Gasteiger partial charge in [0, 0.05) is 12.2 Å². The van der Waals surface area contributed by atoms with Crippen molar-refractivity contribution < 1.29 is 14.7 Å². The largest absolute Gasteiger partial charge is 0.480 e. The van der Waals surface area contributed by atoms with Crippen molar-refractivity contribution in [3.05, 3.63) is 29.8 Å². The summed E-state index contributed by atoms with van der Waals surface area (Å²) in [7, 11) is 0. The summed E-state index contributed by atoms with van der Waals surface area (Å²) in [5.74, 6) is -1.03. The molecule has 0 saturated carbocycles. The van der Waals surface area contributed by atoms with Crippen LogP contribution in [0, 0.1) is 6.92 Å². The van der Waals surface area contributed by atoms with Gasteiger partial charge in [-0.3, -0.25) is 0 Å². The van der Waals surface area contributed by atoms with Gasteiger partial charge >= 0.3 is 12.0 Å². The summed E-state index contributed by atoms with van der Waals surface area (Å²) in [6.45, 7) is 6.97. The quantitative estimate of drug-likeness (QED) is 0.878. The summed E-state index contributed by atoms with van der Waals surface area (Å²) < 4.78 is 0. The Morgan fingerprint density at radius 1 is 1.32 bits per heavy atom. The number of likely N-dealkylation sites (N-methyl/N-ethyl adjacent to an activating group) is 1. The number of amides is 2. The zero-order valence-corrected chi connectivity index (χ0v) is 11.7. The number of nitrogens with one attached hydrogen (secondary N) is 1. The lowest BCUT2D eigenvalue weighted by Gasteiger charge is -2.34. The lowest BCUT2D eigenvalue weighted by molar-refractivity contribution is -0.147. The number of aryl methyl sites for hydroxylation is 1. The maximum atomic E-state index is 12.2. The molecule has 0 aliphatic carbocycles. The number of carboxylic acids is 1. The highest BCUT2D eigenvalue weighted by Crippen LogP contribution is 2.18. The smallest absolute Gasteiger partial charge is 0.329 e. The second-order valence-electron chi connectivity index (χ2n) is 4.85. The zero-order chi connectivity index (χ0) is 14.6. The molecule has 19 heavy (non-hydrogen) atoms. The molecule has 5 nitrogen and oxygen atoms in total. The summed E-state index contributed by atoms with van der Waals surface area (Å²) in [5.41, 5.74) is 0.369. The van der Waals surface area contributed by atoms with E-state index in [0.717, 1.165) is 5.56 Å². The predicted octanol–water partition coefficient (Wildman–Crippen LogP) is 2.71. The fraction of sp³-hybridized carbons (Fsp3) is 0.429. The first-order valence-electron chi connectivity index (χ1n) is 6.18. The van der Waals surface area contributed by atoms with E-state index in [1.165, 1.54) is 18.7 Å². The summed E-state index contributed by atoms with van der Waals surface area (Å²) >= 11 is 0. The molecule has 2 amide bonds. The second-order valence-corrected chi connectivity index (χ2v) is 4.85. The van der Waals surface area contributed by atoms with Gasteiger partial charge in [-0.2, -0.15) is 0 Å². The van der Waals surface area contributed by atoms with Crippen molar-refractivity contribution in [1.82, 2.24) is 4.90 Å². The van der Waals surface area contributed by atoms with E-state index in [4.69, 9.17) is 0 Å². The number of carboxylic acid groups (broad SMARTS) is 1. The first-order chi connectivity index (χ1) is 8.80. The molecule has 0 aromatic heterocycles. The first-order valence-corrected chi connectivity index (χ1v) is 6.18. The molecule has 1 aromatic carbocycles. The number of anilines is 1. The highest BCUT2D eigenvalue weighted by molar-refractivity contribution is 5.94. The summed E-state index contributed by atoms with van der Waals surface area (Å²) in [5, 5.41) is 11.9. The Kier molecular flexibility index (Phi) is 4.53. The molecule has 0 aliphatic heterocycles. The van der Waals surface area contributed by atoms with Crippen LogP contribution in [0.25, 0.3) is 0 Å². The highest BCUT2D eigenvalue weighted by atomic mass is 16.4. The molecular weight excluding hydrogens is 244 g/mol. The number of hydrogen-bond donors (Lipinski definition) is 2. The van der Waals surface area contributed by atoms with E-state index in [0.29, 0.717) is 12.2 Å². The molecule has 0 aliphatic rings. The molecule has 0 unspecified atom stereocenters. The third kappa shape index (κ3) is 3.24. The average molecular weight is 264 g/mol. The van der Waals surface area contributed by atoms with E-state index in [1.807, 2.05) is 25.1 Å².